The van der Waals surface area contributed by atoms with Crippen molar-refractivity contribution in [3.63, 3.8) is 0 Å². The number of fused-ring (bicyclic) bond motifs is 1. The van der Waals surface area contributed by atoms with Crippen molar-refractivity contribution in [1.29, 1.82) is 0 Å². The van der Waals surface area contributed by atoms with E-state index in [0.29, 0.717) is 39.7 Å². The van der Waals surface area contributed by atoms with Gasteiger partial charge in [0.25, 0.3) is 15.9 Å². The Labute approximate surface area is 192 Å². The standard InChI is InChI=1S/C24H21ClN2O4S/c1-27-21-12-11-18(25)14-20(21)22(17-8-4-3-5-9-17)23(32(27,29)30)24(28)26-19-10-6-7-16(13-19)15-31-2/h3-14H,15H2,1-2H3,(H,26,28). The molecular weight excluding hydrogens is 448 g/mol. The minimum atomic E-state index is -4.13. The fraction of sp³-hybridized carbons (Fsp3) is 0.125. The first-order valence-corrected chi connectivity index (χ1v) is 11.6. The molecule has 3 aromatic carbocycles. The third-order valence-corrected chi connectivity index (χ3v) is 7.24. The molecule has 0 fully saturated rings. The van der Waals surface area contributed by atoms with Gasteiger partial charge in [0.05, 0.1) is 12.3 Å². The van der Waals surface area contributed by atoms with Gasteiger partial charge in [-0.1, -0.05) is 54.1 Å². The smallest absolute Gasteiger partial charge is 0.270 e. The van der Waals surface area contributed by atoms with Gasteiger partial charge in [0.15, 0.2) is 4.91 Å². The Bertz CT molecular complexity index is 1320. The molecule has 3 aromatic rings. The molecule has 0 saturated carbocycles. The van der Waals surface area contributed by atoms with E-state index in [-0.39, 0.29) is 4.91 Å². The van der Waals surface area contributed by atoms with Crippen molar-refractivity contribution in [3.8, 4) is 0 Å². The van der Waals surface area contributed by atoms with Crippen molar-refractivity contribution >= 4 is 44.5 Å². The number of carbonyl (C=O) groups excluding carboxylic acids is 1. The zero-order valence-electron chi connectivity index (χ0n) is 17.5. The average Bonchev–Trinajstić information content (AvgIpc) is 2.77. The van der Waals surface area contributed by atoms with Crippen molar-refractivity contribution in [1.82, 2.24) is 0 Å². The summed E-state index contributed by atoms with van der Waals surface area (Å²) in [6.45, 7) is 0.370. The van der Waals surface area contributed by atoms with Gasteiger partial charge in [0.1, 0.15) is 0 Å². The molecule has 1 N–H and O–H groups in total. The van der Waals surface area contributed by atoms with Crippen LogP contribution in [-0.4, -0.2) is 28.5 Å². The van der Waals surface area contributed by atoms with E-state index in [9.17, 15) is 13.2 Å². The first-order chi connectivity index (χ1) is 15.3. The molecule has 1 aliphatic rings. The molecular formula is C24H21ClN2O4S. The largest absolute Gasteiger partial charge is 0.380 e. The number of halogens is 1. The number of rotatable bonds is 5. The molecule has 0 radical (unpaired) electrons. The lowest BCUT2D eigenvalue weighted by Gasteiger charge is -2.31. The van der Waals surface area contributed by atoms with E-state index >= 15 is 0 Å². The maximum absolute atomic E-state index is 13.5. The SMILES string of the molecule is COCc1cccc(NC(=O)C2=C(c3ccccc3)c3cc(Cl)ccc3N(C)S2(=O)=O)c1. The molecule has 0 saturated heterocycles. The van der Waals surface area contributed by atoms with Gasteiger partial charge in [-0.15, -0.1) is 0 Å². The minimum absolute atomic E-state index is 0.312. The third kappa shape index (κ3) is 4.02. The summed E-state index contributed by atoms with van der Waals surface area (Å²) in [5.41, 5.74) is 3.26. The second-order valence-corrected chi connectivity index (χ2v) is 9.63. The number of nitrogens with zero attached hydrogens (tertiary/aromatic N) is 1. The Morgan fingerprint density at radius 3 is 2.50 bits per heavy atom. The summed E-state index contributed by atoms with van der Waals surface area (Å²) in [5, 5.41) is 3.18. The van der Waals surface area contributed by atoms with Crippen LogP contribution < -0.4 is 9.62 Å². The number of sulfonamides is 1. The fourth-order valence-electron chi connectivity index (χ4n) is 3.72. The maximum Gasteiger partial charge on any atom is 0.270 e. The lowest BCUT2D eigenvalue weighted by Crippen LogP contribution is -2.37. The van der Waals surface area contributed by atoms with Crippen LogP contribution in [-0.2, 0) is 26.2 Å². The molecule has 4 rings (SSSR count). The van der Waals surface area contributed by atoms with E-state index in [1.165, 1.54) is 7.05 Å². The number of methoxy groups -OCH3 is 1. The van der Waals surface area contributed by atoms with Crippen LogP contribution in [0.2, 0.25) is 5.02 Å². The first-order valence-electron chi connectivity index (χ1n) is 9.80. The molecule has 1 amide bonds. The number of carbonyl (C=O) groups is 1. The lowest BCUT2D eigenvalue weighted by molar-refractivity contribution is -0.112. The van der Waals surface area contributed by atoms with Crippen LogP contribution in [0, 0.1) is 0 Å². The fourth-order valence-corrected chi connectivity index (χ4v) is 5.35. The summed E-state index contributed by atoms with van der Waals surface area (Å²) in [6.07, 6.45) is 0. The normalized spacial score (nSPS) is 14.8. The summed E-state index contributed by atoms with van der Waals surface area (Å²) in [4.78, 5) is 13.1. The van der Waals surface area contributed by atoms with Gasteiger partial charge < -0.3 is 10.1 Å². The molecule has 0 bridgehead atoms. The number of benzene rings is 3. The Kier molecular flexibility index (Phi) is 6.06. The summed E-state index contributed by atoms with van der Waals surface area (Å²) >= 11 is 6.25. The van der Waals surface area contributed by atoms with Crippen LogP contribution in [0.3, 0.4) is 0 Å². The van der Waals surface area contributed by atoms with Crippen molar-refractivity contribution in [2.24, 2.45) is 0 Å². The molecule has 1 heterocycles. The van der Waals surface area contributed by atoms with E-state index in [0.717, 1.165) is 9.87 Å². The predicted molar refractivity (Wildman–Crippen MR) is 127 cm³/mol. The molecule has 0 aromatic heterocycles. The highest BCUT2D eigenvalue weighted by atomic mass is 35.5. The second kappa shape index (κ2) is 8.78. The summed E-state index contributed by atoms with van der Waals surface area (Å²) in [5.74, 6) is -0.726. The van der Waals surface area contributed by atoms with Gasteiger partial charge in [-0.3, -0.25) is 9.10 Å². The Morgan fingerprint density at radius 2 is 1.78 bits per heavy atom. The predicted octanol–water partition coefficient (Wildman–Crippen LogP) is 4.66. The number of amides is 1. The monoisotopic (exact) mass is 468 g/mol. The van der Waals surface area contributed by atoms with Gasteiger partial charge >= 0.3 is 0 Å². The highest BCUT2D eigenvalue weighted by Gasteiger charge is 2.39. The minimum Gasteiger partial charge on any atom is -0.380 e. The van der Waals surface area contributed by atoms with E-state index < -0.39 is 15.9 Å². The molecule has 0 atom stereocenters. The molecule has 8 heteroatoms. The van der Waals surface area contributed by atoms with Crippen molar-refractivity contribution in [2.75, 3.05) is 23.8 Å². The average molecular weight is 469 g/mol. The Morgan fingerprint density at radius 1 is 1.03 bits per heavy atom. The Hall–Kier alpha value is -3.13. The van der Waals surface area contributed by atoms with Crippen LogP contribution in [0.4, 0.5) is 11.4 Å². The number of anilines is 2. The van der Waals surface area contributed by atoms with Crippen molar-refractivity contribution in [2.45, 2.75) is 6.61 Å². The number of hydrogen-bond acceptors (Lipinski definition) is 4. The number of hydrogen-bond donors (Lipinski definition) is 1. The van der Waals surface area contributed by atoms with E-state index in [1.807, 2.05) is 12.1 Å². The molecule has 0 unspecified atom stereocenters. The van der Waals surface area contributed by atoms with Crippen molar-refractivity contribution in [3.05, 3.63) is 99.4 Å². The van der Waals surface area contributed by atoms with Crippen LogP contribution in [0.25, 0.3) is 5.57 Å². The molecule has 0 aliphatic carbocycles. The van der Waals surface area contributed by atoms with Gasteiger partial charge in [-0.2, -0.15) is 0 Å². The quantitative estimate of drug-likeness (QED) is 0.590. The highest BCUT2D eigenvalue weighted by molar-refractivity contribution is 7.97. The van der Waals surface area contributed by atoms with Gasteiger partial charge in [-0.25, -0.2) is 8.42 Å². The summed E-state index contributed by atoms with van der Waals surface area (Å²) in [7, 11) is -1.13. The van der Waals surface area contributed by atoms with Gasteiger partial charge in [0.2, 0.25) is 0 Å². The molecule has 32 heavy (non-hydrogen) atoms. The zero-order valence-corrected chi connectivity index (χ0v) is 19.1. The first kappa shape index (κ1) is 22.1. The summed E-state index contributed by atoms with van der Waals surface area (Å²) in [6, 6.07) is 21.0. The molecule has 164 valence electrons. The van der Waals surface area contributed by atoms with Gasteiger partial charge in [0, 0.05) is 36.0 Å². The van der Waals surface area contributed by atoms with E-state index in [4.69, 9.17) is 16.3 Å². The molecule has 6 nitrogen and oxygen atoms in total. The summed E-state index contributed by atoms with van der Waals surface area (Å²) < 4.78 is 33.3. The van der Waals surface area contributed by atoms with Crippen LogP contribution in [0.1, 0.15) is 16.7 Å². The molecule has 1 aliphatic heterocycles. The lowest BCUT2D eigenvalue weighted by atomic mass is 9.95. The maximum atomic E-state index is 13.5. The Balaban J connectivity index is 1.92. The second-order valence-electron chi connectivity index (χ2n) is 7.29. The topological polar surface area (TPSA) is 75.7 Å². The number of ether oxygens (including phenoxy) is 1. The highest BCUT2D eigenvalue weighted by Crippen LogP contribution is 2.43. The third-order valence-electron chi connectivity index (χ3n) is 5.18. The van der Waals surface area contributed by atoms with Crippen LogP contribution in [0.15, 0.2) is 77.7 Å². The van der Waals surface area contributed by atoms with Crippen LogP contribution >= 0.6 is 11.6 Å². The zero-order chi connectivity index (χ0) is 22.9. The molecule has 0 spiro atoms. The van der Waals surface area contributed by atoms with Gasteiger partial charge in [-0.05, 0) is 41.5 Å². The van der Waals surface area contributed by atoms with Crippen molar-refractivity contribution < 1.29 is 17.9 Å². The van der Waals surface area contributed by atoms with E-state index in [2.05, 4.69) is 5.32 Å². The number of nitrogens with one attached hydrogen (secondary N) is 1. The van der Waals surface area contributed by atoms with E-state index in [1.54, 1.807) is 67.8 Å². The van der Waals surface area contributed by atoms with Crippen LogP contribution in [0.5, 0.6) is 0 Å².